The average Bonchev–Trinajstić information content (AvgIpc) is 3.16. The standard InChI is InChI=1S/C22H31N5O7/c1-10(23)19(30)26-17(11(2)28)21(32)25-16(20(31)27-18(12(3)29)22(33)34)8-13-9-24-15-7-5-4-6-14(13)15/h4-7,9-12,16-18,24,28-29H,8,23H2,1-3H3,(H,25,32)(H,26,30)(H,27,31)(H,33,34). The van der Waals surface area contributed by atoms with Crippen LogP contribution in [0.25, 0.3) is 10.9 Å². The van der Waals surface area contributed by atoms with Crippen molar-refractivity contribution in [2.45, 2.75) is 63.6 Å². The predicted octanol–water partition coefficient (Wildman–Crippen LogP) is -1.64. The van der Waals surface area contributed by atoms with E-state index < -0.39 is 60.1 Å². The normalized spacial score (nSPS) is 16.5. The molecule has 0 fully saturated rings. The van der Waals surface area contributed by atoms with E-state index in [2.05, 4.69) is 20.9 Å². The maximum atomic E-state index is 13.0. The minimum Gasteiger partial charge on any atom is -0.480 e. The lowest BCUT2D eigenvalue weighted by Gasteiger charge is -2.26. The van der Waals surface area contributed by atoms with Crippen molar-refractivity contribution in [3.05, 3.63) is 36.0 Å². The van der Waals surface area contributed by atoms with Crippen LogP contribution >= 0.6 is 0 Å². The number of aliphatic hydroxyl groups is 2. The summed E-state index contributed by atoms with van der Waals surface area (Å²) in [4.78, 5) is 52.4. The van der Waals surface area contributed by atoms with E-state index in [1.807, 2.05) is 18.2 Å². The number of hydrogen-bond acceptors (Lipinski definition) is 7. The highest BCUT2D eigenvalue weighted by Gasteiger charge is 2.33. The Morgan fingerprint density at radius 3 is 2.06 bits per heavy atom. The van der Waals surface area contributed by atoms with E-state index in [0.717, 1.165) is 10.9 Å². The number of fused-ring (bicyclic) bond motifs is 1. The third kappa shape index (κ3) is 6.76. The van der Waals surface area contributed by atoms with Crippen LogP contribution in [0.3, 0.4) is 0 Å². The molecule has 34 heavy (non-hydrogen) atoms. The van der Waals surface area contributed by atoms with Gasteiger partial charge in [-0.05, 0) is 32.4 Å². The molecule has 0 saturated carbocycles. The zero-order chi connectivity index (χ0) is 25.6. The van der Waals surface area contributed by atoms with Crippen LogP contribution in [0.1, 0.15) is 26.3 Å². The van der Waals surface area contributed by atoms with E-state index in [9.17, 15) is 34.5 Å². The van der Waals surface area contributed by atoms with E-state index in [1.54, 1.807) is 12.3 Å². The van der Waals surface area contributed by atoms with Gasteiger partial charge in [0.15, 0.2) is 6.04 Å². The van der Waals surface area contributed by atoms with Crippen LogP contribution in [-0.2, 0) is 25.6 Å². The fraction of sp³-hybridized carbons (Fsp3) is 0.455. The van der Waals surface area contributed by atoms with E-state index in [-0.39, 0.29) is 6.42 Å². The highest BCUT2D eigenvalue weighted by molar-refractivity contribution is 5.95. The molecule has 2 aromatic rings. The second-order valence-electron chi connectivity index (χ2n) is 8.21. The number of aromatic amines is 1. The second-order valence-corrected chi connectivity index (χ2v) is 8.21. The van der Waals surface area contributed by atoms with Crippen molar-refractivity contribution in [2.75, 3.05) is 0 Å². The molecule has 0 aliphatic rings. The fourth-order valence-corrected chi connectivity index (χ4v) is 3.32. The zero-order valence-corrected chi connectivity index (χ0v) is 19.1. The van der Waals surface area contributed by atoms with Crippen molar-refractivity contribution in [1.29, 1.82) is 0 Å². The molecular formula is C22H31N5O7. The first-order valence-electron chi connectivity index (χ1n) is 10.7. The number of carbonyl (C=O) groups excluding carboxylic acids is 3. The van der Waals surface area contributed by atoms with Crippen molar-refractivity contribution < 1.29 is 34.5 Å². The first-order valence-corrected chi connectivity index (χ1v) is 10.7. The summed E-state index contributed by atoms with van der Waals surface area (Å²) in [7, 11) is 0. The number of amides is 3. The van der Waals surface area contributed by atoms with E-state index in [0.29, 0.717) is 5.56 Å². The molecule has 6 atom stereocenters. The van der Waals surface area contributed by atoms with Crippen LogP contribution < -0.4 is 21.7 Å². The average molecular weight is 478 g/mol. The minimum atomic E-state index is -1.61. The zero-order valence-electron chi connectivity index (χ0n) is 19.1. The molecule has 1 aromatic carbocycles. The smallest absolute Gasteiger partial charge is 0.328 e. The molecule has 0 radical (unpaired) electrons. The van der Waals surface area contributed by atoms with Crippen molar-refractivity contribution in [3.63, 3.8) is 0 Å². The fourth-order valence-electron chi connectivity index (χ4n) is 3.32. The Kier molecular flexibility index (Phi) is 9.12. The molecule has 9 N–H and O–H groups in total. The molecule has 1 heterocycles. The summed E-state index contributed by atoms with van der Waals surface area (Å²) in [5.74, 6) is -3.87. The summed E-state index contributed by atoms with van der Waals surface area (Å²) >= 11 is 0. The first kappa shape index (κ1) is 26.8. The van der Waals surface area contributed by atoms with Crippen LogP contribution in [0.4, 0.5) is 0 Å². The molecule has 0 bridgehead atoms. The Bertz CT molecular complexity index is 1030. The third-order valence-electron chi connectivity index (χ3n) is 5.25. The number of benzene rings is 1. The van der Waals surface area contributed by atoms with Crippen molar-refractivity contribution in [1.82, 2.24) is 20.9 Å². The Labute approximate surface area is 195 Å². The Morgan fingerprint density at radius 2 is 1.50 bits per heavy atom. The molecule has 1 aromatic heterocycles. The summed E-state index contributed by atoms with van der Waals surface area (Å²) in [6.45, 7) is 3.90. The maximum Gasteiger partial charge on any atom is 0.328 e. The second kappa shape index (κ2) is 11.6. The highest BCUT2D eigenvalue weighted by atomic mass is 16.4. The van der Waals surface area contributed by atoms with Crippen LogP contribution in [0.2, 0.25) is 0 Å². The van der Waals surface area contributed by atoms with E-state index in [4.69, 9.17) is 5.73 Å². The molecule has 12 heteroatoms. The lowest BCUT2D eigenvalue weighted by atomic mass is 10.0. The molecular weight excluding hydrogens is 446 g/mol. The quantitative estimate of drug-likeness (QED) is 0.188. The molecule has 186 valence electrons. The molecule has 2 rings (SSSR count). The molecule has 0 aliphatic heterocycles. The number of carboxylic acids is 1. The lowest BCUT2D eigenvalue weighted by Crippen LogP contribution is -2.60. The number of carbonyl (C=O) groups is 4. The maximum absolute atomic E-state index is 13.0. The minimum absolute atomic E-state index is 0.0402. The lowest BCUT2D eigenvalue weighted by molar-refractivity contribution is -0.145. The monoisotopic (exact) mass is 477 g/mol. The molecule has 3 amide bonds. The number of para-hydroxylation sites is 1. The number of carboxylic acid groups (broad SMARTS) is 1. The van der Waals surface area contributed by atoms with Crippen LogP contribution in [0, 0.1) is 0 Å². The number of aliphatic carboxylic acids is 1. The predicted molar refractivity (Wildman–Crippen MR) is 122 cm³/mol. The Morgan fingerprint density at radius 1 is 0.912 bits per heavy atom. The molecule has 0 aliphatic carbocycles. The van der Waals surface area contributed by atoms with Gasteiger partial charge in [0.1, 0.15) is 12.1 Å². The summed E-state index contributed by atoms with van der Waals surface area (Å²) in [6.07, 6.45) is -1.10. The molecule has 0 saturated heterocycles. The van der Waals surface area contributed by atoms with Gasteiger partial charge in [0.2, 0.25) is 17.7 Å². The van der Waals surface area contributed by atoms with Crippen LogP contribution in [-0.4, -0.2) is 80.4 Å². The number of aliphatic hydroxyl groups excluding tert-OH is 2. The van der Waals surface area contributed by atoms with Gasteiger partial charge in [0, 0.05) is 23.5 Å². The molecule has 0 spiro atoms. The number of nitrogens with one attached hydrogen (secondary N) is 4. The van der Waals surface area contributed by atoms with Gasteiger partial charge in [-0.25, -0.2) is 4.79 Å². The van der Waals surface area contributed by atoms with Gasteiger partial charge >= 0.3 is 5.97 Å². The van der Waals surface area contributed by atoms with Gasteiger partial charge in [-0.15, -0.1) is 0 Å². The number of hydrogen-bond donors (Lipinski definition) is 8. The van der Waals surface area contributed by atoms with Gasteiger partial charge < -0.3 is 42.0 Å². The third-order valence-corrected chi connectivity index (χ3v) is 5.25. The van der Waals surface area contributed by atoms with Gasteiger partial charge in [0.25, 0.3) is 0 Å². The van der Waals surface area contributed by atoms with Crippen molar-refractivity contribution >= 4 is 34.6 Å². The van der Waals surface area contributed by atoms with E-state index >= 15 is 0 Å². The van der Waals surface area contributed by atoms with Crippen molar-refractivity contribution in [3.8, 4) is 0 Å². The Balaban J connectivity index is 2.33. The van der Waals surface area contributed by atoms with Gasteiger partial charge in [0.05, 0.1) is 18.2 Å². The Hall–Kier alpha value is -3.48. The SMILES string of the molecule is CC(N)C(=O)NC(C(=O)NC(Cc1c[nH]c2ccccc12)C(=O)NC(C(=O)O)C(C)O)C(C)O. The summed E-state index contributed by atoms with van der Waals surface area (Å²) in [5, 5.41) is 36.9. The number of rotatable bonds is 11. The van der Waals surface area contributed by atoms with E-state index in [1.165, 1.54) is 20.8 Å². The summed E-state index contributed by atoms with van der Waals surface area (Å²) < 4.78 is 0. The summed E-state index contributed by atoms with van der Waals surface area (Å²) in [6, 6.07) is 2.01. The largest absolute Gasteiger partial charge is 0.480 e. The van der Waals surface area contributed by atoms with Gasteiger partial charge in [-0.2, -0.15) is 0 Å². The molecule has 12 nitrogen and oxygen atoms in total. The van der Waals surface area contributed by atoms with Crippen molar-refractivity contribution in [2.24, 2.45) is 5.73 Å². The van der Waals surface area contributed by atoms with Gasteiger partial charge in [-0.1, -0.05) is 18.2 Å². The summed E-state index contributed by atoms with van der Waals surface area (Å²) in [5.41, 5.74) is 6.97. The topological polar surface area (TPSA) is 207 Å². The number of nitrogens with two attached hydrogens (primary N) is 1. The van der Waals surface area contributed by atoms with Crippen LogP contribution in [0.15, 0.2) is 30.5 Å². The molecule has 6 unspecified atom stereocenters. The van der Waals surface area contributed by atoms with Gasteiger partial charge in [-0.3, -0.25) is 14.4 Å². The highest BCUT2D eigenvalue weighted by Crippen LogP contribution is 2.19. The first-order chi connectivity index (χ1) is 15.9. The number of H-pyrrole nitrogens is 1. The number of aromatic nitrogens is 1. The van der Waals surface area contributed by atoms with Crippen LogP contribution in [0.5, 0.6) is 0 Å².